The van der Waals surface area contributed by atoms with Crippen LogP contribution >= 0.6 is 0 Å². The highest BCUT2D eigenvalue weighted by Crippen LogP contribution is 2.42. The van der Waals surface area contributed by atoms with Crippen LogP contribution in [0.4, 0.5) is 26.3 Å². The number of sulfone groups is 1. The molecule has 0 amide bonds. The number of rotatable bonds is 7. The fraction of sp³-hybridized carbons (Fsp3) is 0.464. The average Bonchev–Trinajstić information content (AvgIpc) is 3.48. The number of aromatic nitrogens is 3. The SMILES string of the molecule is O=S(=O)(Cc1ccncn1)c1cnc(O[C@H]2CC[C@H](c3cccc(C(F)(F)F)c3)C[C@@H]2N2CCCC2)c(C(F)(F)F)c1. The molecule has 1 saturated carbocycles. The first-order valence-electron chi connectivity index (χ1n) is 13.4. The minimum atomic E-state index is -4.96. The molecule has 3 atom stereocenters. The van der Waals surface area contributed by atoms with E-state index in [0.29, 0.717) is 37.6 Å². The summed E-state index contributed by atoms with van der Waals surface area (Å²) in [6.45, 7) is 1.39. The van der Waals surface area contributed by atoms with Crippen molar-refractivity contribution in [3.8, 4) is 5.88 Å². The molecule has 0 unspecified atom stereocenters. The van der Waals surface area contributed by atoms with Crippen molar-refractivity contribution < 1.29 is 39.5 Å². The number of hydrogen-bond donors (Lipinski definition) is 0. The maximum Gasteiger partial charge on any atom is 0.421 e. The molecule has 1 aliphatic heterocycles. The number of hydrogen-bond acceptors (Lipinski definition) is 7. The average molecular weight is 615 g/mol. The summed E-state index contributed by atoms with van der Waals surface area (Å²) in [6.07, 6.45) is -3.98. The molecule has 2 fully saturated rings. The molecule has 2 aliphatic rings. The monoisotopic (exact) mass is 614 g/mol. The molecular weight excluding hydrogens is 586 g/mol. The fourth-order valence-corrected chi connectivity index (χ4v) is 6.95. The maximum atomic E-state index is 14.2. The van der Waals surface area contributed by atoms with Crippen LogP contribution in [0.15, 0.2) is 60.0 Å². The van der Waals surface area contributed by atoms with E-state index >= 15 is 0 Å². The van der Waals surface area contributed by atoms with Crippen molar-refractivity contribution in [1.29, 1.82) is 0 Å². The van der Waals surface area contributed by atoms with Crippen molar-refractivity contribution in [1.82, 2.24) is 19.9 Å². The van der Waals surface area contributed by atoms with Crippen molar-refractivity contribution >= 4 is 9.84 Å². The smallest absolute Gasteiger partial charge is 0.421 e. The van der Waals surface area contributed by atoms with Gasteiger partial charge in [0.2, 0.25) is 5.88 Å². The second-order valence-corrected chi connectivity index (χ2v) is 12.6. The Morgan fingerprint density at radius 1 is 0.952 bits per heavy atom. The molecule has 2 aromatic heterocycles. The number of halogens is 6. The first kappa shape index (κ1) is 30.2. The van der Waals surface area contributed by atoms with Gasteiger partial charge in [-0.2, -0.15) is 26.3 Å². The third-order valence-corrected chi connectivity index (χ3v) is 9.40. The Kier molecular flexibility index (Phi) is 8.48. The quantitative estimate of drug-likeness (QED) is 0.299. The lowest BCUT2D eigenvalue weighted by molar-refractivity contribution is -0.140. The summed E-state index contributed by atoms with van der Waals surface area (Å²) in [5.74, 6) is -1.59. The van der Waals surface area contributed by atoms with E-state index < -0.39 is 55.9 Å². The van der Waals surface area contributed by atoms with Crippen LogP contribution < -0.4 is 4.74 Å². The second-order valence-electron chi connectivity index (χ2n) is 10.6. The Hall–Kier alpha value is -3.26. The van der Waals surface area contributed by atoms with Crippen LogP contribution in [0.1, 0.15) is 60.4 Å². The van der Waals surface area contributed by atoms with Gasteiger partial charge < -0.3 is 4.74 Å². The molecule has 14 heteroatoms. The Bertz CT molecular complexity index is 1500. The summed E-state index contributed by atoms with van der Waals surface area (Å²) >= 11 is 0. The van der Waals surface area contributed by atoms with Crippen molar-refractivity contribution in [2.75, 3.05) is 13.1 Å². The standard InChI is InChI=1S/C28H28F6N4O3S/c29-27(30,31)20-5-3-4-18(12-20)19-6-7-25(24(13-19)38-10-1-2-11-38)41-26-23(28(32,33)34)14-22(15-36-26)42(39,40)16-21-8-9-35-17-37-21/h3-5,8-9,12,14-15,17,19,24-25H,1-2,6-7,10-11,13,16H2/t19-,24-,25-/m0/s1. The van der Waals surface area contributed by atoms with Crippen molar-refractivity contribution in [2.24, 2.45) is 0 Å². The van der Waals surface area contributed by atoms with E-state index in [2.05, 4.69) is 19.9 Å². The minimum absolute atomic E-state index is 0.116. The van der Waals surface area contributed by atoms with E-state index in [1.54, 1.807) is 6.07 Å². The number of pyridine rings is 1. The predicted octanol–water partition coefficient (Wildman–Crippen LogP) is 6.06. The van der Waals surface area contributed by atoms with Crippen LogP contribution in [-0.4, -0.2) is 53.5 Å². The van der Waals surface area contributed by atoms with Crippen LogP contribution in [0.3, 0.4) is 0 Å². The summed E-state index contributed by atoms with van der Waals surface area (Å²) < 4.78 is 114. The van der Waals surface area contributed by atoms with Gasteiger partial charge in [0, 0.05) is 18.4 Å². The first-order chi connectivity index (χ1) is 19.8. The largest absolute Gasteiger partial charge is 0.472 e. The van der Waals surface area contributed by atoms with Gasteiger partial charge in [-0.3, -0.25) is 4.90 Å². The fourth-order valence-electron chi connectivity index (χ4n) is 5.71. The lowest BCUT2D eigenvalue weighted by atomic mass is 9.79. The molecule has 7 nitrogen and oxygen atoms in total. The first-order valence-corrected chi connectivity index (χ1v) is 15.1. The van der Waals surface area contributed by atoms with Gasteiger partial charge in [0.1, 0.15) is 18.0 Å². The third kappa shape index (κ3) is 6.86. The van der Waals surface area contributed by atoms with Gasteiger partial charge in [-0.05, 0) is 74.9 Å². The maximum absolute atomic E-state index is 14.2. The van der Waals surface area contributed by atoms with Gasteiger partial charge in [0.05, 0.1) is 21.9 Å². The Labute approximate surface area is 238 Å². The summed E-state index contributed by atoms with van der Waals surface area (Å²) in [5, 5.41) is 0. The molecule has 1 aromatic carbocycles. The van der Waals surface area contributed by atoms with Crippen LogP contribution in [-0.2, 0) is 27.9 Å². The van der Waals surface area contributed by atoms with E-state index in [1.807, 2.05) is 0 Å². The third-order valence-electron chi connectivity index (χ3n) is 7.78. The normalized spacial score (nSPS) is 22.3. The van der Waals surface area contributed by atoms with E-state index in [1.165, 1.54) is 18.3 Å². The van der Waals surface area contributed by atoms with Gasteiger partial charge in [-0.25, -0.2) is 23.4 Å². The summed E-state index contributed by atoms with van der Waals surface area (Å²) in [7, 11) is -4.22. The summed E-state index contributed by atoms with van der Waals surface area (Å²) in [4.78, 5) is 12.8. The number of benzene rings is 1. The molecule has 1 saturated heterocycles. The van der Waals surface area contributed by atoms with Crippen LogP contribution in [0, 0.1) is 0 Å². The lowest BCUT2D eigenvalue weighted by Gasteiger charge is -2.41. The number of likely N-dealkylation sites (tertiary alicyclic amines) is 1. The predicted molar refractivity (Wildman–Crippen MR) is 139 cm³/mol. The Balaban J connectivity index is 1.41. The van der Waals surface area contributed by atoms with Crippen molar-refractivity contribution in [3.63, 3.8) is 0 Å². The highest BCUT2D eigenvalue weighted by Gasteiger charge is 2.42. The molecule has 3 heterocycles. The second kappa shape index (κ2) is 11.8. The number of ether oxygens (including phenoxy) is 1. The lowest BCUT2D eigenvalue weighted by Crippen LogP contribution is -2.48. The van der Waals surface area contributed by atoms with Crippen molar-refractivity contribution in [2.45, 2.75) is 73.2 Å². The van der Waals surface area contributed by atoms with E-state index in [4.69, 9.17) is 4.74 Å². The molecule has 0 N–H and O–H groups in total. The molecule has 0 spiro atoms. The zero-order valence-electron chi connectivity index (χ0n) is 22.3. The topological polar surface area (TPSA) is 85.3 Å². The molecule has 3 aromatic rings. The zero-order valence-corrected chi connectivity index (χ0v) is 23.1. The molecular formula is C28H28F6N4O3S. The Morgan fingerprint density at radius 3 is 2.38 bits per heavy atom. The summed E-state index contributed by atoms with van der Waals surface area (Å²) in [6, 6.07) is 6.68. The van der Waals surface area contributed by atoms with E-state index in [9.17, 15) is 34.8 Å². The van der Waals surface area contributed by atoms with Gasteiger partial charge in [-0.1, -0.05) is 18.2 Å². The van der Waals surface area contributed by atoms with E-state index in [-0.39, 0.29) is 24.1 Å². The van der Waals surface area contributed by atoms with Gasteiger partial charge in [0.15, 0.2) is 9.84 Å². The molecule has 226 valence electrons. The van der Waals surface area contributed by atoms with Crippen LogP contribution in [0.5, 0.6) is 5.88 Å². The van der Waals surface area contributed by atoms with Crippen LogP contribution in [0.2, 0.25) is 0 Å². The number of nitrogens with zero attached hydrogens (tertiary/aromatic N) is 4. The highest BCUT2D eigenvalue weighted by atomic mass is 32.2. The Morgan fingerprint density at radius 2 is 1.71 bits per heavy atom. The molecule has 0 radical (unpaired) electrons. The zero-order chi connectivity index (χ0) is 30.1. The van der Waals surface area contributed by atoms with Crippen LogP contribution in [0.25, 0.3) is 0 Å². The molecule has 42 heavy (non-hydrogen) atoms. The number of alkyl halides is 6. The van der Waals surface area contributed by atoms with Gasteiger partial charge in [0.25, 0.3) is 0 Å². The van der Waals surface area contributed by atoms with E-state index in [0.717, 1.165) is 37.5 Å². The van der Waals surface area contributed by atoms with Crippen molar-refractivity contribution in [3.05, 3.63) is 77.5 Å². The molecule has 5 rings (SSSR count). The summed E-state index contributed by atoms with van der Waals surface area (Å²) in [5.41, 5.74) is -1.42. The van der Waals surface area contributed by atoms with Gasteiger partial charge in [-0.15, -0.1) is 0 Å². The van der Waals surface area contributed by atoms with Gasteiger partial charge >= 0.3 is 12.4 Å². The minimum Gasteiger partial charge on any atom is -0.472 e. The molecule has 1 aliphatic carbocycles. The molecule has 0 bridgehead atoms. The highest BCUT2D eigenvalue weighted by molar-refractivity contribution is 7.90.